The lowest BCUT2D eigenvalue weighted by molar-refractivity contribution is -0.0435. The Morgan fingerprint density at radius 3 is 2.24 bits per heavy atom. The van der Waals surface area contributed by atoms with Gasteiger partial charge < -0.3 is 15.0 Å². The van der Waals surface area contributed by atoms with Crippen LogP contribution in [0.4, 0.5) is 24.5 Å². The first-order valence-electron chi connectivity index (χ1n) is 21.5. The van der Waals surface area contributed by atoms with E-state index in [1.807, 2.05) is 35.1 Å². The molecule has 0 spiro atoms. The maximum Gasteiger partial charge on any atom is 0.501 e. The van der Waals surface area contributed by atoms with E-state index in [1.54, 1.807) is 23.3 Å². The minimum absolute atomic E-state index is 0.0101. The first-order valence-corrected chi connectivity index (χ1v) is 25.4. The third-order valence-corrected chi connectivity index (χ3v) is 16.0. The van der Waals surface area contributed by atoms with E-state index >= 15 is 0 Å². The fraction of sp³-hybridized carbons (Fsp3) is 0.500. The maximum atomic E-state index is 14.2. The van der Waals surface area contributed by atoms with Gasteiger partial charge in [0.1, 0.15) is 4.90 Å². The van der Waals surface area contributed by atoms with Gasteiger partial charge in [-0.15, -0.1) is 18.3 Å². The average Bonchev–Trinajstić information content (AvgIpc) is 3.25. The normalized spacial score (nSPS) is 18.5. The number of benzene rings is 3. The SMILES string of the molecule is C=C(C)CCC1=C(CN2CCN(c3ccc(C(=O)NS(=O)(=O)c4ccc(N[C@H](CCN5CCOCC5)CSc5ccccc5)c(S(=O)(=O)C(F)(F)F)c4)cc3)CC2)CCC(C)(C)C1. The second-order valence-electron chi connectivity index (χ2n) is 17.6. The molecule has 2 aliphatic heterocycles. The molecular weight excluding hydrogens is 872 g/mol. The number of alkyl halides is 3. The van der Waals surface area contributed by atoms with E-state index in [1.165, 1.54) is 35.9 Å². The number of nitrogens with one attached hydrogen (secondary N) is 2. The number of anilines is 2. The fourth-order valence-corrected chi connectivity index (χ4v) is 11.2. The second kappa shape index (κ2) is 21.0. The van der Waals surface area contributed by atoms with Crippen LogP contribution in [-0.2, 0) is 24.6 Å². The number of rotatable bonds is 18. The van der Waals surface area contributed by atoms with Crippen LogP contribution in [0.3, 0.4) is 0 Å². The highest BCUT2D eigenvalue weighted by Crippen LogP contribution is 2.41. The number of ether oxygens (including phenoxy) is 1. The zero-order chi connectivity index (χ0) is 45.4. The molecule has 3 aliphatic rings. The van der Waals surface area contributed by atoms with Crippen LogP contribution >= 0.6 is 11.8 Å². The molecule has 3 aromatic rings. The number of hydrogen-bond acceptors (Lipinski definition) is 11. The Kier molecular flexibility index (Phi) is 16.2. The van der Waals surface area contributed by atoms with Crippen LogP contribution in [0, 0.1) is 5.41 Å². The van der Waals surface area contributed by atoms with Crippen molar-refractivity contribution in [2.24, 2.45) is 5.41 Å². The van der Waals surface area contributed by atoms with Crippen LogP contribution in [0.5, 0.6) is 0 Å². The zero-order valence-electron chi connectivity index (χ0n) is 36.4. The molecule has 1 amide bonds. The maximum absolute atomic E-state index is 14.2. The summed E-state index contributed by atoms with van der Waals surface area (Å²) in [6, 6.07) is 17.8. The summed E-state index contributed by atoms with van der Waals surface area (Å²) in [5, 5.41) is 2.99. The van der Waals surface area contributed by atoms with Gasteiger partial charge in [-0.3, -0.25) is 14.6 Å². The number of morpholine rings is 1. The summed E-state index contributed by atoms with van der Waals surface area (Å²) in [5.74, 6) is -0.638. The number of carbonyl (C=O) groups excluding carboxylic acids is 1. The molecule has 344 valence electrons. The topological polar surface area (TPSA) is 128 Å². The molecule has 0 radical (unpaired) electrons. The van der Waals surface area contributed by atoms with Gasteiger partial charge in [-0.2, -0.15) is 13.2 Å². The van der Waals surface area contributed by atoms with Crippen LogP contribution in [0.1, 0.15) is 69.7 Å². The average molecular weight is 932 g/mol. The second-order valence-corrected chi connectivity index (χ2v) is 22.3. The van der Waals surface area contributed by atoms with Gasteiger partial charge in [0.05, 0.1) is 23.8 Å². The number of sulfonamides is 1. The van der Waals surface area contributed by atoms with Crippen molar-refractivity contribution in [1.82, 2.24) is 14.5 Å². The van der Waals surface area contributed by atoms with Crippen LogP contribution in [-0.4, -0.2) is 115 Å². The van der Waals surface area contributed by atoms with Gasteiger partial charge in [0.15, 0.2) is 0 Å². The largest absolute Gasteiger partial charge is 0.501 e. The highest BCUT2D eigenvalue weighted by molar-refractivity contribution is 7.99. The lowest BCUT2D eigenvalue weighted by Gasteiger charge is -2.39. The zero-order valence-corrected chi connectivity index (χ0v) is 38.8. The van der Waals surface area contributed by atoms with Crippen molar-refractivity contribution >= 4 is 48.9 Å². The van der Waals surface area contributed by atoms with Crippen molar-refractivity contribution in [1.29, 1.82) is 0 Å². The predicted octanol–water partition coefficient (Wildman–Crippen LogP) is 8.38. The number of halogens is 3. The summed E-state index contributed by atoms with van der Waals surface area (Å²) >= 11 is 1.45. The Labute approximate surface area is 375 Å². The number of piperazine rings is 1. The van der Waals surface area contributed by atoms with E-state index in [9.17, 15) is 34.8 Å². The Morgan fingerprint density at radius 2 is 1.59 bits per heavy atom. The van der Waals surface area contributed by atoms with Crippen molar-refractivity contribution in [3.63, 3.8) is 0 Å². The summed E-state index contributed by atoms with van der Waals surface area (Å²) in [5.41, 5.74) is -0.618. The van der Waals surface area contributed by atoms with Crippen molar-refractivity contribution in [3.05, 3.63) is 102 Å². The molecule has 0 unspecified atom stereocenters. The van der Waals surface area contributed by atoms with Gasteiger partial charge in [0.25, 0.3) is 25.8 Å². The highest BCUT2D eigenvalue weighted by atomic mass is 32.2. The summed E-state index contributed by atoms with van der Waals surface area (Å²) in [6.07, 6.45) is 5.92. The minimum atomic E-state index is -6.04. The Balaban J connectivity index is 1.12. The molecule has 2 N–H and O–H groups in total. The highest BCUT2D eigenvalue weighted by Gasteiger charge is 2.48. The van der Waals surface area contributed by atoms with E-state index in [0.717, 1.165) is 81.1 Å². The van der Waals surface area contributed by atoms with Crippen LogP contribution in [0.25, 0.3) is 0 Å². The van der Waals surface area contributed by atoms with E-state index in [4.69, 9.17) is 4.74 Å². The Bertz CT molecular complexity index is 2310. The summed E-state index contributed by atoms with van der Waals surface area (Å²) in [4.78, 5) is 19.0. The molecule has 2 heterocycles. The number of nitrogens with zero attached hydrogens (tertiary/aromatic N) is 3. The lowest BCUT2D eigenvalue weighted by atomic mass is 9.73. The van der Waals surface area contributed by atoms with Crippen LogP contribution in [0.2, 0.25) is 0 Å². The molecule has 2 fully saturated rings. The number of sulfone groups is 1. The van der Waals surface area contributed by atoms with Gasteiger partial charge >= 0.3 is 5.51 Å². The van der Waals surface area contributed by atoms with Gasteiger partial charge in [-0.25, -0.2) is 21.6 Å². The molecular formula is C46H60F3N5O6S3. The first kappa shape index (κ1) is 48.6. The van der Waals surface area contributed by atoms with E-state index < -0.39 is 52.8 Å². The summed E-state index contributed by atoms with van der Waals surface area (Å²) < 4.78 is 103. The number of amides is 1. The third-order valence-electron chi connectivity index (χ3n) is 12.0. The van der Waals surface area contributed by atoms with E-state index in [0.29, 0.717) is 56.5 Å². The fourth-order valence-electron chi connectivity index (χ4n) is 8.20. The Morgan fingerprint density at radius 1 is 0.905 bits per heavy atom. The lowest BCUT2D eigenvalue weighted by Crippen LogP contribution is -2.47. The molecule has 6 rings (SSSR count). The molecule has 17 heteroatoms. The Hall–Kier alpha value is -3.87. The molecule has 63 heavy (non-hydrogen) atoms. The molecule has 2 saturated heterocycles. The molecule has 0 bridgehead atoms. The molecule has 1 atom stereocenters. The van der Waals surface area contributed by atoms with Crippen molar-refractivity contribution in [2.75, 3.05) is 81.5 Å². The van der Waals surface area contributed by atoms with Crippen molar-refractivity contribution in [2.45, 2.75) is 85.5 Å². The molecule has 0 saturated carbocycles. The number of allylic oxidation sites excluding steroid dienone is 2. The number of thioether (sulfide) groups is 1. The van der Waals surface area contributed by atoms with Crippen LogP contribution in [0.15, 0.2) is 111 Å². The molecule has 11 nitrogen and oxygen atoms in total. The van der Waals surface area contributed by atoms with Gasteiger partial charge in [0.2, 0.25) is 0 Å². The molecule has 1 aliphatic carbocycles. The standard InChI is InChI=1S/C46H60F3N5O6S3/c1-34(2)10-11-36-31-45(3,4)20-18-37(36)32-53-22-24-54(25-23-53)39-14-12-35(13-15-39)44(55)51-63(58,59)41-16-17-42(43(30-41)62(56,57)46(47,48)49)50-38(19-21-52-26-28-60-29-27-52)33-61-40-8-6-5-7-9-40/h5-9,12-17,30,38,50H,1,10-11,18-29,31-33H2,2-4H3,(H,51,55)/t38-/m1/s1. The number of hydrogen-bond donors (Lipinski definition) is 2. The predicted molar refractivity (Wildman–Crippen MR) is 245 cm³/mol. The first-order chi connectivity index (χ1) is 29.8. The van der Waals surface area contributed by atoms with Crippen LogP contribution < -0.4 is 14.9 Å². The summed E-state index contributed by atoms with van der Waals surface area (Å²) in [6.45, 7) is 18.1. The van der Waals surface area contributed by atoms with Gasteiger partial charge in [0, 0.05) is 80.3 Å². The number of carbonyl (C=O) groups is 1. The van der Waals surface area contributed by atoms with Crippen molar-refractivity contribution in [3.8, 4) is 0 Å². The van der Waals surface area contributed by atoms with Gasteiger partial charge in [-0.05, 0) is 105 Å². The van der Waals surface area contributed by atoms with E-state index in [2.05, 4.69) is 47.4 Å². The van der Waals surface area contributed by atoms with Gasteiger partial charge in [-0.1, -0.05) is 48.8 Å². The van der Waals surface area contributed by atoms with E-state index in [-0.39, 0.29) is 5.56 Å². The summed E-state index contributed by atoms with van der Waals surface area (Å²) in [7, 11) is -10.9. The monoisotopic (exact) mass is 931 g/mol. The third kappa shape index (κ3) is 13.3. The smallest absolute Gasteiger partial charge is 0.380 e. The quantitative estimate of drug-likeness (QED) is 0.0944. The minimum Gasteiger partial charge on any atom is -0.380 e. The van der Waals surface area contributed by atoms with Crippen molar-refractivity contribution < 1.29 is 39.5 Å². The molecule has 3 aromatic carbocycles. The molecule has 0 aromatic heterocycles.